The summed E-state index contributed by atoms with van der Waals surface area (Å²) in [7, 11) is 0. The molecule has 3 rings (SSSR count). The first-order chi connectivity index (χ1) is 6.42. The van der Waals surface area contributed by atoms with Crippen molar-refractivity contribution in [3.8, 4) is 5.75 Å². The van der Waals surface area contributed by atoms with Crippen molar-refractivity contribution < 1.29 is 4.74 Å². The fraction of sp³-hybridized carbons (Fsp3) is 0.500. The van der Waals surface area contributed by atoms with Crippen molar-refractivity contribution in [1.82, 2.24) is 0 Å². The zero-order valence-electron chi connectivity index (χ0n) is 7.62. The zero-order chi connectivity index (χ0) is 8.67. The van der Waals surface area contributed by atoms with Crippen LogP contribution in [0.1, 0.15) is 37.2 Å². The molecule has 0 unspecified atom stereocenters. The first kappa shape index (κ1) is 7.43. The molecule has 0 atom stereocenters. The molecule has 0 bridgehead atoms. The van der Waals surface area contributed by atoms with Crippen LogP contribution < -0.4 is 4.74 Å². The third kappa shape index (κ3) is 1.69. The van der Waals surface area contributed by atoms with E-state index in [4.69, 9.17) is 4.74 Å². The predicted molar refractivity (Wildman–Crippen MR) is 50.9 cm³/mol. The van der Waals surface area contributed by atoms with Crippen LogP contribution in [0.2, 0.25) is 0 Å². The predicted octanol–water partition coefficient (Wildman–Crippen LogP) is 2.91. The third-order valence-electron chi connectivity index (χ3n) is 2.67. The molecule has 0 aromatic heterocycles. The summed E-state index contributed by atoms with van der Waals surface area (Å²) < 4.78 is 5.69. The van der Waals surface area contributed by atoms with Crippen LogP contribution >= 0.6 is 0 Å². The van der Waals surface area contributed by atoms with Gasteiger partial charge in [0.1, 0.15) is 5.75 Å². The van der Waals surface area contributed by atoms with Crippen molar-refractivity contribution in [3.63, 3.8) is 0 Å². The van der Waals surface area contributed by atoms with Crippen LogP contribution in [0.3, 0.4) is 0 Å². The van der Waals surface area contributed by atoms with Gasteiger partial charge in [-0.15, -0.1) is 0 Å². The molecule has 0 amide bonds. The fourth-order valence-electron chi connectivity index (χ4n) is 1.57. The smallest absolute Gasteiger partial charge is 0.127 e. The number of hydrogen-bond acceptors (Lipinski definition) is 1. The Bertz CT molecular complexity index is 311. The van der Waals surface area contributed by atoms with Gasteiger partial charge in [-0.05, 0) is 43.2 Å². The Morgan fingerprint density at radius 1 is 1.23 bits per heavy atom. The minimum absolute atomic E-state index is 0.491. The van der Waals surface area contributed by atoms with Crippen molar-refractivity contribution in [3.05, 3.63) is 29.8 Å². The lowest BCUT2D eigenvalue weighted by Crippen LogP contribution is -1.96. The number of ether oxygens (including phenoxy) is 1. The Kier molecular flexibility index (Phi) is 1.58. The van der Waals surface area contributed by atoms with Gasteiger partial charge >= 0.3 is 0 Å². The van der Waals surface area contributed by atoms with Crippen molar-refractivity contribution in [2.45, 2.75) is 37.7 Å². The standard InChI is InChI=1S/C12H13O/c1-2-10(9-4-5-9)8-12(3-1)13-11-6-7-11/h1-2,8-9,11H,4-7H2. The summed E-state index contributed by atoms with van der Waals surface area (Å²) in [5, 5.41) is 0. The highest BCUT2D eigenvalue weighted by Gasteiger charge is 2.26. The van der Waals surface area contributed by atoms with Crippen molar-refractivity contribution in [2.24, 2.45) is 0 Å². The Morgan fingerprint density at radius 2 is 2.08 bits per heavy atom. The van der Waals surface area contributed by atoms with Gasteiger partial charge in [-0.1, -0.05) is 12.1 Å². The van der Waals surface area contributed by atoms with E-state index >= 15 is 0 Å². The van der Waals surface area contributed by atoms with Gasteiger partial charge in [-0.25, -0.2) is 0 Å². The molecule has 0 heterocycles. The average molecular weight is 173 g/mol. The van der Waals surface area contributed by atoms with Gasteiger partial charge in [0.05, 0.1) is 6.10 Å². The average Bonchev–Trinajstić information content (AvgIpc) is 3.00. The highest BCUT2D eigenvalue weighted by Crippen LogP contribution is 2.41. The van der Waals surface area contributed by atoms with E-state index in [9.17, 15) is 0 Å². The second kappa shape index (κ2) is 2.76. The van der Waals surface area contributed by atoms with E-state index in [2.05, 4.69) is 18.2 Å². The number of hydrogen-bond donors (Lipinski definition) is 0. The molecule has 0 spiro atoms. The zero-order valence-corrected chi connectivity index (χ0v) is 7.62. The van der Waals surface area contributed by atoms with Gasteiger partial charge in [0.25, 0.3) is 0 Å². The summed E-state index contributed by atoms with van der Waals surface area (Å²) in [5.41, 5.74) is 1.44. The summed E-state index contributed by atoms with van der Waals surface area (Å²) in [6, 6.07) is 9.46. The maximum Gasteiger partial charge on any atom is 0.127 e. The van der Waals surface area contributed by atoms with Gasteiger partial charge < -0.3 is 4.74 Å². The van der Waals surface area contributed by atoms with E-state index in [0.29, 0.717) is 6.10 Å². The minimum Gasteiger partial charge on any atom is -0.490 e. The second-order valence-electron chi connectivity index (χ2n) is 4.08. The fourth-order valence-corrected chi connectivity index (χ4v) is 1.57. The molecule has 1 radical (unpaired) electrons. The lowest BCUT2D eigenvalue weighted by Gasteiger charge is -2.05. The third-order valence-corrected chi connectivity index (χ3v) is 2.67. The van der Waals surface area contributed by atoms with Crippen molar-refractivity contribution in [1.29, 1.82) is 0 Å². The molecular formula is C12H13O. The molecule has 13 heavy (non-hydrogen) atoms. The topological polar surface area (TPSA) is 9.23 Å². The highest BCUT2D eigenvalue weighted by atomic mass is 16.5. The van der Waals surface area contributed by atoms with Gasteiger partial charge in [-0.3, -0.25) is 0 Å². The lowest BCUT2D eigenvalue weighted by molar-refractivity contribution is 0.302. The van der Waals surface area contributed by atoms with Crippen LogP contribution in [0, 0.1) is 6.07 Å². The Hall–Kier alpha value is -0.980. The molecule has 1 aromatic rings. The second-order valence-corrected chi connectivity index (χ2v) is 4.08. The van der Waals surface area contributed by atoms with Crippen LogP contribution in [-0.4, -0.2) is 6.10 Å². The molecule has 2 aliphatic rings. The normalized spacial score (nSPS) is 21.5. The summed E-state index contributed by atoms with van der Waals surface area (Å²) in [6.07, 6.45) is 5.65. The molecule has 2 saturated carbocycles. The maximum atomic E-state index is 5.69. The molecule has 0 aliphatic heterocycles. The molecule has 2 fully saturated rings. The van der Waals surface area contributed by atoms with E-state index in [1.54, 1.807) is 0 Å². The first-order valence-electron chi connectivity index (χ1n) is 5.10. The molecule has 67 valence electrons. The van der Waals surface area contributed by atoms with Crippen LogP contribution in [0.5, 0.6) is 5.75 Å². The SMILES string of the molecule is [c]1ccc(C2CC2)cc1OC1CC1. The molecule has 1 aromatic carbocycles. The Morgan fingerprint density at radius 3 is 2.77 bits per heavy atom. The van der Waals surface area contributed by atoms with Crippen molar-refractivity contribution >= 4 is 0 Å². The maximum absolute atomic E-state index is 5.69. The van der Waals surface area contributed by atoms with Gasteiger partial charge in [-0.2, -0.15) is 0 Å². The van der Waals surface area contributed by atoms with Crippen LogP contribution in [-0.2, 0) is 0 Å². The monoisotopic (exact) mass is 173 g/mol. The van der Waals surface area contributed by atoms with E-state index in [-0.39, 0.29) is 0 Å². The quantitative estimate of drug-likeness (QED) is 0.683. The molecule has 2 aliphatic carbocycles. The first-order valence-corrected chi connectivity index (χ1v) is 5.10. The Balaban J connectivity index is 1.79. The van der Waals surface area contributed by atoms with Crippen LogP contribution in [0.25, 0.3) is 0 Å². The molecule has 0 N–H and O–H groups in total. The van der Waals surface area contributed by atoms with Crippen LogP contribution in [0.4, 0.5) is 0 Å². The largest absolute Gasteiger partial charge is 0.490 e. The molecule has 1 nitrogen and oxygen atoms in total. The van der Waals surface area contributed by atoms with E-state index in [1.807, 2.05) is 6.07 Å². The molecule has 1 heteroatoms. The lowest BCUT2D eigenvalue weighted by atomic mass is 10.1. The van der Waals surface area contributed by atoms with Crippen LogP contribution in [0.15, 0.2) is 18.2 Å². The summed E-state index contributed by atoms with van der Waals surface area (Å²) in [5.74, 6) is 1.77. The Labute approximate surface area is 78.7 Å². The summed E-state index contributed by atoms with van der Waals surface area (Å²) in [4.78, 5) is 0. The molecule has 0 saturated heterocycles. The number of rotatable bonds is 3. The summed E-state index contributed by atoms with van der Waals surface area (Å²) in [6.45, 7) is 0. The van der Waals surface area contributed by atoms with Gasteiger partial charge in [0.15, 0.2) is 0 Å². The van der Waals surface area contributed by atoms with Crippen molar-refractivity contribution in [2.75, 3.05) is 0 Å². The number of benzene rings is 1. The highest BCUT2D eigenvalue weighted by molar-refractivity contribution is 5.32. The van der Waals surface area contributed by atoms with Gasteiger partial charge in [0.2, 0.25) is 0 Å². The van der Waals surface area contributed by atoms with E-state index < -0.39 is 0 Å². The molecular weight excluding hydrogens is 160 g/mol. The van der Waals surface area contributed by atoms with E-state index in [1.165, 1.54) is 31.2 Å². The summed E-state index contributed by atoms with van der Waals surface area (Å²) >= 11 is 0. The minimum atomic E-state index is 0.491. The van der Waals surface area contributed by atoms with E-state index in [0.717, 1.165) is 11.7 Å². The van der Waals surface area contributed by atoms with Gasteiger partial charge in [0, 0.05) is 6.07 Å².